The number of rotatable bonds is 2. The van der Waals surface area contributed by atoms with Crippen molar-refractivity contribution in [3.63, 3.8) is 0 Å². The van der Waals surface area contributed by atoms with Gasteiger partial charge >= 0.3 is 12.4 Å². The number of fused-ring (bicyclic) bond motifs is 6. The second kappa shape index (κ2) is 11.4. The number of hydrogen-bond donors (Lipinski definition) is 0. The Morgan fingerprint density at radius 3 is 1.62 bits per heavy atom. The summed E-state index contributed by atoms with van der Waals surface area (Å²) in [4.78, 5) is 9.68. The average Bonchev–Trinajstić information content (AvgIpc) is 3.59. The number of nitrogens with zero attached hydrogens (tertiary/aromatic N) is 6. The molecule has 0 bridgehead atoms. The Balaban J connectivity index is 1.40. The van der Waals surface area contributed by atoms with Crippen LogP contribution in [0.15, 0.2) is 90.0 Å². The van der Waals surface area contributed by atoms with Crippen molar-refractivity contribution < 1.29 is 26.3 Å². The lowest BCUT2D eigenvalue weighted by Gasteiger charge is -2.19. The monoisotopic (exact) mass is 670 g/mol. The second-order valence-electron chi connectivity index (χ2n) is 11.6. The molecule has 3 aliphatic carbocycles. The molecule has 0 fully saturated rings. The van der Waals surface area contributed by atoms with Gasteiger partial charge in [-0.05, 0) is 64.1 Å². The van der Waals surface area contributed by atoms with Gasteiger partial charge in [0.25, 0.3) is 0 Å². The molecule has 0 spiro atoms. The minimum atomic E-state index is -4.58. The van der Waals surface area contributed by atoms with Crippen LogP contribution in [0.1, 0.15) is 40.1 Å². The third-order valence-corrected chi connectivity index (χ3v) is 8.78. The number of allylic oxidation sites excluding steroid dienone is 6. The van der Waals surface area contributed by atoms with Crippen LogP contribution >= 0.6 is 0 Å². The maximum atomic E-state index is 13.5. The van der Waals surface area contributed by atoms with Crippen LogP contribution < -0.4 is 0 Å². The fourth-order valence-electron chi connectivity index (χ4n) is 6.42. The van der Waals surface area contributed by atoms with Crippen LogP contribution in [-0.4, -0.2) is 16.1 Å². The van der Waals surface area contributed by atoms with Crippen molar-refractivity contribution in [1.82, 2.24) is 9.97 Å². The van der Waals surface area contributed by atoms with E-state index in [1.807, 2.05) is 24.3 Å². The summed E-state index contributed by atoms with van der Waals surface area (Å²) in [6, 6.07) is 22.0. The molecule has 0 saturated carbocycles. The number of nitriles is 4. The smallest absolute Gasteiger partial charge is 0.243 e. The van der Waals surface area contributed by atoms with Crippen molar-refractivity contribution >= 4 is 16.7 Å². The summed E-state index contributed by atoms with van der Waals surface area (Å²) in [5, 5.41) is 39.8. The molecule has 3 aliphatic rings. The molecule has 3 aromatic carbocycles. The van der Waals surface area contributed by atoms with E-state index in [0.717, 1.165) is 18.2 Å². The highest BCUT2D eigenvalue weighted by atomic mass is 19.4. The molecule has 0 aliphatic heterocycles. The first-order valence-electron chi connectivity index (χ1n) is 14.8. The molecule has 1 atom stereocenters. The molecule has 0 saturated heterocycles. The predicted octanol–water partition coefficient (Wildman–Crippen LogP) is 9.34. The Bertz CT molecular complexity index is 2460. The van der Waals surface area contributed by atoms with Crippen LogP contribution in [0.4, 0.5) is 26.3 Å². The summed E-state index contributed by atoms with van der Waals surface area (Å²) in [5.74, 6) is -1.61. The lowest BCUT2D eigenvalue weighted by atomic mass is 9.90. The van der Waals surface area contributed by atoms with Gasteiger partial charge in [0.15, 0.2) is 0 Å². The first-order valence-corrected chi connectivity index (χ1v) is 14.8. The molecule has 0 N–H and O–H groups in total. The number of benzene rings is 3. The molecule has 7 rings (SSSR count). The molecular weight excluding hydrogens is 654 g/mol. The van der Waals surface area contributed by atoms with E-state index < -0.39 is 23.8 Å². The van der Waals surface area contributed by atoms with Crippen LogP contribution in [0.2, 0.25) is 0 Å². The maximum absolute atomic E-state index is 13.5. The van der Waals surface area contributed by atoms with Crippen molar-refractivity contribution in [2.24, 2.45) is 5.92 Å². The Morgan fingerprint density at radius 2 is 1.14 bits per heavy atom. The second-order valence-corrected chi connectivity index (χ2v) is 11.6. The van der Waals surface area contributed by atoms with E-state index in [-0.39, 0.29) is 57.1 Å². The van der Waals surface area contributed by atoms with E-state index in [1.54, 1.807) is 36.4 Å². The molecule has 6 nitrogen and oxygen atoms in total. The fourth-order valence-corrected chi connectivity index (χ4v) is 6.42. The Morgan fingerprint density at radius 1 is 0.620 bits per heavy atom. The third kappa shape index (κ3) is 5.03. The molecule has 0 amide bonds. The zero-order valence-electron chi connectivity index (χ0n) is 25.2. The number of aromatic nitrogens is 2. The molecule has 12 heteroatoms. The third-order valence-electron chi connectivity index (χ3n) is 8.78. The largest absolute Gasteiger partial charge is 0.416 e. The minimum Gasteiger partial charge on any atom is -0.243 e. The summed E-state index contributed by atoms with van der Waals surface area (Å²) in [5.41, 5.74) is 2.93. The number of hydrogen-bond acceptors (Lipinski definition) is 6. The fraction of sp³-hybridized carbons (Fsp3) is 0.105. The van der Waals surface area contributed by atoms with Crippen LogP contribution in [0.5, 0.6) is 0 Å². The van der Waals surface area contributed by atoms with Crippen LogP contribution in [0.3, 0.4) is 0 Å². The maximum Gasteiger partial charge on any atom is 0.416 e. The lowest BCUT2D eigenvalue weighted by molar-refractivity contribution is -0.160. The Labute approximate surface area is 280 Å². The highest BCUT2D eigenvalue weighted by molar-refractivity contribution is 6.07. The standard InChI is InChI=1S/C38H16F6N6/c39-37(40,41)25-8-4-19(5-9-25)21-6-10-27-29(13-21)31(23(15-45)16-46)35-33(27)49-36-32(24(17-47)18-48)30-14-22(7-11-28(30)34(36)50-35)20-2-1-3-26(12-20)38(42,43)44/h1-8,10-14,25H,9H2. The van der Waals surface area contributed by atoms with E-state index in [0.29, 0.717) is 39.0 Å². The van der Waals surface area contributed by atoms with E-state index in [9.17, 15) is 47.4 Å². The van der Waals surface area contributed by atoms with Gasteiger partial charge in [-0.25, -0.2) is 9.97 Å². The highest BCUT2D eigenvalue weighted by Gasteiger charge is 2.39. The van der Waals surface area contributed by atoms with Crippen molar-refractivity contribution in [3.8, 4) is 57.9 Å². The normalized spacial score (nSPS) is 15.4. The van der Waals surface area contributed by atoms with Crippen LogP contribution in [0, 0.1) is 51.2 Å². The SMILES string of the molecule is N#CC(C#N)=C1c2cc(C3=CCC(C(F)(F)F)C=C3)ccc2-c2nc3c(nc21)-c1ccc(-c2cccc(C(F)(F)F)c2)cc1C3=C(C#N)C#N. The topological polar surface area (TPSA) is 121 Å². The predicted molar refractivity (Wildman–Crippen MR) is 169 cm³/mol. The van der Waals surface area contributed by atoms with Crippen molar-refractivity contribution in [2.75, 3.05) is 0 Å². The van der Waals surface area contributed by atoms with Crippen molar-refractivity contribution in [1.29, 1.82) is 21.0 Å². The Hall–Kier alpha value is -6.76. The zero-order valence-corrected chi connectivity index (χ0v) is 25.2. The van der Waals surface area contributed by atoms with Gasteiger partial charge in [-0.3, -0.25) is 0 Å². The molecule has 50 heavy (non-hydrogen) atoms. The van der Waals surface area contributed by atoms with Crippen LogP contribution in [0.25, 0.3) is 50.4 Å². The molecule has 1 aromatic heterocycles. The lowest BCUT2D eigenvalue weighted by Crippen LogP contribution is -2.21. The van der Waals surface area contributed by atoms with Gasteiger partial charge < -0.3 is 0 Å². The zero-order chi connectivity index (χ0) is 35.5. The average molecular weight is 671 g/mol. The van der Waals surface area contributed by atoms with Gasteiger partial charge in [0.05, 0.1) is 22.9 Å². The van der Waals surface area contributed by atoms with Gasteiger partial charge in [0.2, 0.25) is 0 Å². The molecular formula is C38H16F6N6. The molecule has 1 heterocycles. The molecule has 1 unspecified atom stereocenters. The van der Waals surface area contributed by atoms with E-state index >= 15 is 0 Å². The van der Waals surface area contributed by atoms with E-state index in [4.69, 9.17) is 9.97 Å². The van der Waals surface area contributed by atoms with Crippen molar-refractivity contribution in [2.45, 2.75) is 18.8 Å². The van der Waals surface area contributed by atoms with Gasteiger partial charge in [0, 0.05) is 22.3 Å². The molecule has 4 aromatic rings. The van der Waals surface area contributed by atoms with E-state index in [1.165, 1.54) is 24.3 Å². The quantitative estimate of drug-likeness (QED) is 0.134. The first-order chi connectivity index (χ1) is 23.9. The molecule has 240 valence electrons. The van der Waals surface area contributed by atoms with Crippen molar-refractivity contribution in [3.05, 3.63) is 124 Å². The number of halogens is 6. The highest BCUT2D eigenvalue weighted by Crippen LogP contribution is 2.51. The van der Waals surface area contributed by atoms with Gasteiger partial charge in [0.1, 0.15) is 46.8 Å². The Kier molecular flexibility index (Phi) is 7.28. The summed E-state index contributed by atoms with van der Waals surface area (Å²) in [6.45, 7) is 0. The van der Waals surface area contributed by atoms with E-state index in [2.05, 4.69) is 0 Å². The molecule has 0 radical (unpaired) electrons. The van der Waals surface area contributed by atoms with Gasteiger partial charge in [-0.1, -0.05) is 54.6 Å². The van der Waals surface area contributed by atoms with Crippen LogP contribution in [-0.2, 0) is 6.18 Å². The summed E-state index contributed by atoms with van der Waals surface area (Å²) >= 11 is 0. The summed E-state index contributed by atoms with van der Waals surface area (Å²) in [6.07, 6.45) is -5.28. The first kappa shape index (κ1) is 31.8. The van der Waals surface area contributed by atoms with Gasteiger partial charge in [-0.2, -0.15) is 47.4 Å². The summed E-state index contributed by atoms with van der Waals surface area (Å²) in [7, 11) is 0. The summed E-state index contributed by atoms with van der Waals surface area (Å²) < 4.78 is 80.2. The minimum absolute atomic E-state index is 0.122. The van der Waals surface area contributed by atoms with Gasteiger partial charge in [-0.15, -0.1) is 0 Å². The number of alkyl halides is 6.